The van der Waals surface area contributed by atoms with E-state index in [0.29, 0.717) is 19.3 Å². The summed E-state index contributed by atoms with van der Waals surface area (Å²) in [5.74, 6) is 0.526. The molecule has 1 aromatic carbocycles. The van der Waals surface area contributed by atoms with E-state index in [9.17, 15) is 4.39 Å². The Morgan fingerprint density at radius 3 is 2.86 bits per heavy atom. The fraction of sp³-hybridized carbons (Fsp3) is 0.647. The van der Waals surface area contributed by atoms with Crippen molar-refractivity contribution >= 4 is 0 Å². The molecule has 0 radical (unpaired) electrons. The average Bonchev–Trinajstić information content (AvgIpc) is 2.91. The van der Waals surface area contributed by atoms with E-state index in [4.69, 9.17) is 9.47 Å². The van der Waals surface area contributed by atoms with Crippen LogP contribution in [0.2, 0.25) is 0 Å². The van der Waals surface area contributed by atoms with Gasteiger partial charge in [-0.25, -0.2) is 4.39 Å². The number of ether oxygens (including phenoxy) is 2. The van der Waals surface area contributed by atoms with Gasteiger partial charge in [0.2, 0.25) is 0 Å². The predicted molar refractivity (Wildman–Crippen MR) is 82.1 cm³/mol. The molecule has 1 fully saturated rings. The van der Waals surface area contributed by atoms with Gasteiger partial charge in [-0.1, -0.05) is 0 Å². The minimum atomic E-state index is -0.229. The molecule has 0 bridgehead atoms. The van der Waals surface area contributed by atoms with E-state index >= 15 is 0 Å². The second kappa shape index (κ2) is 7.23. The van der Waals surface area contributed by atoms with Crippen LogP contribution >= 0.6 is 0 Å². The van der Waals surface area contributed by atoms with Gasteiger partial charge in [-0.2, -0.15) is 0 Å². The lowest BCUT2D eigenvalue weighted by Crippen LogP contribution is -2.35. The molecular weight excluding hydrogens is 269 g/mol. The van der Waals surface area contributed by atoms with E-state index in [1.54, 1.807) is 12.1 Å². The molecule has 118 valence electrons. The lowest BCUT2D eigenvalue weighted by Gasteiger charge is -2.22. The first-order chi connectivity index (χ1) is 9.94. The Labute approximate surface area is 126 Å². The van der Waals surface area contributed by atoms with Gasteiger partial charge < -0.3 is 14.8 Å². The van der Waals surface area contributed by atoms with Crippen LogP contribution < -0.4 is 10.1 Å². The largest absolute Gasteiger partial charge is 0.493 e. The van der Waals surface area contributed by atoms with Crippen LogP contribution in [0.3, 0.4) is 0 Å². The summed E-state index contributed by atoms with van der Waals surface area (Å²) in [5, 5.41) is 3.37. The van der Waals surface area contributed by atoms with Gasteiger partial charge in [-0.15, -0.1) is 0 Å². The summed E-state index contributed by atoms with van der Waals surface area (Å²) in [4.78, 5) is 0. The zero-order valence-corrected chi connectivity index (χ0v) is 13.2. The van der Waals surface area contributed by atoms with Crippen LogP contribution in [0.5, 0.6) is 5.75 Å². The molecule has 0 saturated carbocycles. The van der Waals surface area contributed by atoms with E-state index in [2.05, 4.69) is 26.1 Å². The molecule has 1 N–H and O–H groups in total. The van der Waals surface area contributed by atoms with Crippen molar-refractivity contribution in [3.8, 4) is 5.75 Å². The molecule has 1 unspecified atom stereocenters. The molecule has 21 heavy (non-hydrogen) atoms. The number of hydrogen-bond donors (Lipinski definition) is 1. The van der Waals surface area contributed by atoms with E-state index < -0.39 is 0 Å². The van der Waals surface area contributed by atoms with Gasteiger partial charge in [0.1, 0.15) is 11.6 Å². The van der Waals surface area contributed by atoms with Crippen molar-refractivity contribution < 1.29 is 13.9 Å². The lowest BCUT2D eigenvalue weighted by atomic mass is 10.1. The van der Waals surface area contributed by atoms with Crippen LogP contribution in [-0.2, 0) is 11.3 Å². The lowest BCUT2D eigenvalue weighted by molar-refractivity contribution is 0.0901. The fourth-order valence-corrected chi connectivity index (χ4v) is 2.36. The summed E-state index contributed by atoms with van der Waals surface area (Å²) in [6.45, 7) is 8.33. The van der Waals surface area contributed by atoms with E-state index in [1.807, 2.05) is 0 Å². The molecule has 1 aromatic rings. The summed E-state index contributed by atoms with van der Waals surface area (Å²) < 4.78 is 24.8. The number of nitrogens with one attached hydrogen (secondary N) is 1. The minimum Gasteiger partial charge on any atom is -0.493 e. The summed E-state index contributed by atoms with van der Waals surface area (Å²) >= 11 is 0. The van der Waals surface area contributed by atoms with Crippen molar-refractivity contribution in [3.05, 3.63) is 29.6 Å². The first-order valence-electron chi connectivity index (χ1n) is 7.72. The molecule has 1 atom stereocenters. The van der Waals surface area contributed by atoms with Crippen molar-refractivity contribution in [3.63, 3.8) is 0 Å². The van der Waals surface area contributed by atoms with Crippen LogP contribution in [0.15, 0.2) is 18.2 Å². The molecule has 0 spiro atoms. The molecule has 0 aromatic heterocycles. The Balaban J connectivity index is 1.90. The van der Waals surface area contributed by atoms with E-state index in [-0.39, 0.29) is 11.4 Å². The van der Waals surface area contributed by atoms with Crippen LogP contribution in [0.25, 0.3) is 0 Å². The highest BCUT2D eigenvalue weighted by molar-refractivity contribution is 5.34. The molecule has 0 amide bonds. The number of halogens is 1. The molecule has 2 rings (SSSR count). The Morgan fingerprint density at radius 1 is 1.38 bits per heavy atom. The number of benzene rings is 1. The smallest absolute Gasteiger partial charge is 0.123 e. The van der Waals surface area contributed by atoms with Gasteiger partial charge in [0.25, 0.3) is 0 Å². The molecule has 1 aliphatic rings. The van der Waals surface area contributed by atoms with Crippen molar-refractivity contribution in [1.29, 1.82) is 0 Å². The van der Waals surface area contributed by atoms with Gasteiger partial charge in [0.15, 0.2) is 0 Å². The third-order valence-corrected chi connectivity index (χ3v) is 3.55. The summed E-state index contributed by atoms with van der Waals surface area (Å²) in [7, 11) is 0. The molecule has 4 heteroatoms. The maximum atomic E-state index is 13.4. The molecule has 1 aliphatic heterocycles. The molecule has 1 heterocycles. The Hall–Kier alpha value is -1.13. The second-order valence-electron chi connectivity index (χ2n) is 6.63. The quantitative estimate of drug-likeness (QED) is 0.868. The molecule has 1 saturated heterocycles. The van der Waals surface area contributed by atoms with Gasteiger partial charge in [-0.3, -0.25) is 0 Å². The normalized spacial score (nSPS) is 19.0. The van der Waals surface area contributed by atoms with Crippen LogP contribution in [0.4, 0.5) is 4.39 Å². The summed E-state index contributed by atoms with van der Waals surface area (Å²) in [5.41, 5.74) is 0.846. The second-order valence-corrected chi connectivity index (χ2v) is 6.63. The first-order valence-corrected chi connectivity index (χ1v) is 7.72. The van der Waals surface area contributed by atoms with E-state index in [1.165, 1.54) is 6.07 Å². The highest BCUT2D eigenvalue weighted by Gasteiger charge is 2.16. The summed E-state index contributed by atoms with van der Waals surface area (Å²) in [6.07, 6.45) is 3.47. The monoisotopic (exact) mass is 295 g/mol. The standard InChI is InChI=1S/C17H26FNO2/c1-17(2,3)19-12-13-11-14(18)6-7-16(13)21-10-8-15-5-4-9-20-15/h6-7,11,15,19H,4-5,8-10,12H2,1-3H3. The maximum Gasteiger partial charge on any atom is 0.123 e. The fourth-order valence-electron chi connectivity index (χ4n) is 2.36. The molecule has 3 nitrogen and oxygen atoms in total. The Morgan fingerprint density at radius 2 is 2.19 bits per heavy atom. The third-order valence-electron chi connectivity index (χ3n) is 3.55. The predicted octanol–water partition coefficient (Wildman–Crippen LogP) is 3.66. The van der Waals surface area contributed by atoms with Crippen molar-refractivity contribution in [2.45, 2.75) is 58.2 Å². The zero-order valence-electron chi connectivity index (χ0n) is 13.2. The number of rotatable bonds is 6. The van der Waals surface area contributed by atoms with Crippen LogP contribution in [0.1, 0.15) is 45.6 Å². The van der Waals surface area contributed by atoms with Crippen LogP contribution in [0, 0.1) is 5.82 Å². The van der Waals surface area contributed by atoms with Gasteiger partial charge >= 0.3 is 0 Å². The Kier molecular flexibility index (Phi) is 5.59. The molecule has 0 aliphatic carbocycles. The minimum absolute atomic E-state index is 0.0126. The average molecular weight is 295 g/mol. The number of hydrogen-bond acceptors (Lipinski definition) is 3. The van der Waals surface area contributed by atoms with Gasteiger partial charge in [0, 0.05) is 30.7 Å². The highest BCUT2D eigenvalue weighted by atomic mass is 19.1. The zero-order chi connectivity index (χ0) is 15.3. The highest BCUT2D eigenvalue weighted by Crippen LogP contribution is 2.22. The molecular formula is C17H26FNO2. The Bertz CT molecular complexity index is 451. The van der Waals surface area contributed by atoms with Crippen LogP contribution in [-0.4, -0.2) is 24.9 Å². The third kappa shape index (κ3) is 5.64. The van der Waals surface area contributed by atoms with Crippen molar-refractivity contribution in [2.75, 3.05) is 13.2 Å². The van der Waals surface area contributed by atoms with Crippen molar-refractivity contribution in [2.24, 2.45) is 0 Å². The van der Waals surface area contributed by atoms with E-state index in [0.717, 1.165) is 37.2 Å². The maximum absolute atomic E-state index is 13.4. The van der Waals surface area contributed by atoms with Crippen molar-refractivity contribution in [1.82, 2.24) is 5.32 Å². The summed E-state index contributed by atoms with van der Waals surface area (Å²) in [6, 6.07) is 4.70. The van der Waals surface area contributed by atoms with Gasteiger partial charge in [0.05, 0.1) is 12.7 Å². The van der Waals surface area contributed by atoms with Gasteiger partial charge in [-0.05, 0) is 51.8 Å². The topological polar surface area (TPSA) is 30.5 Å². The SMILES string of the molecule is CC(C)(C)NCc1cc(F)ccc1OCCC1CCCO1. The first kappa shape index (κ1) is 16.2.